The minimum Gasteiger partial charge on any atom is -0.481 e. The van der Waals surface area contributed by atoms with Gasteiger partial charge in [-0.1, -0.05) is 44.9 Å². The number of aromatic carboxylic acids is 1. The average Bonchev–Trinajstić information content (AvgIpc) is 2.71. The lowest BCUT2D eigenvalue weighted by atomic mass is 10.0. The summed E-state index contributed by atoms with van der Waals surface area (Å²) in [5.41, 5.74) is 6.45. The zero-order valence-corrected chi connectivity index (χ0v) is 18.5. The number of aliphatic carboxylic acids is 2. The lowest BCUT2D eigenvalue weighted by Crippen LogP contribution is -2.17. The van der Waals surface area contributed by atoms with E-state index in [4.69, 9.17) is 26.2 Å². The van der Waals surface area contributed by atoms with Crippen LogP contribution in [0.15, 0.2) is 18.2 Å². The highest BCUT2D eigenvalue weighted by Crippen LogP contribution is 2.16. The molecule has 0 heterocycles. The third-order valence-electron chi connectivity index (χ3n) is 4.81. The monoisotopic (exact) mass is 455 g/mol. The number of hydrogen-bond acceptors (Lipinski definition) is 6. The standard InChI is InChI=1S/C13H24O4.C10H13NO4/c14-12(15)10-8-6-4-2-1-3-5-7-9-11-13(16)17;11-7-1-2-9(10(14)15)6(3-7)4-8(13)5-12/h1-11H2,(H,14,15)(H,16,17);1-3,8,12-13H,4-5,11H2,(H,14,15). The Hall–Kier alpha value is -2.65. The number of carboxylic acid groups (broad SMARTS) is 3. The molecule has 1 aromatic carbocycles. The van der Waals surface area contributed by atoms with Gasteiger partial charge in [0.05, 0.1) is 18.3 Å². The van der Waals surface area contributed by atoms with Gasteiger partial charge in [-0.05, 0) is 36.6 Å². The molecule has 182 valence electrons. The van der Waals surface area contributed by atoms with Crippen LogP contribution in [-0.2, 0) is 16.0 Å². The smallest absolute Gasteiger partial charge is 0.335 e. The number of benzene rings is 1. The first-order valence-electron chi connectivity index (χ1n) is 11.0. The zero-order chi connectivity index (χ0) is 24.4. The van der Waals surface area contributed by atoms with Crippen molar-refractivity contribution in [2.24, 2.45) is 0 Å². The minimum atomic E-state index is -1.07. The third kappa shape index (κ3) is 16.1. The summed E-state index contributed by atoms with van der Waals surface area (Å²) in [6.07, 6.45) is 9.00. The van der Waals surface area contributed by atoms with E-state index in [1.54, 1.807) is 0 Å². The summed E-state index contributed by atoms with van der Waals surface area (Å²) >= 11 is 0. The molecule has 0 saturated heterocycles. The van der Waals surface area contributed by atoms with Gasteiger partial charge in [-0.25, -0.2) is 4.79 Å². The van der Waals surface area contributed by atoms with Crippen molar-refractivity contribution in [2.75, 3.05) is 12.3 Å². The molecule has 7 N–H and O–H groups in total. The summed E-state index contributed by atoms with van der Waals surface area (Å²) in [7, 11) is 0. The number of hydrogen-bond donors (Lipinski definition) is 6. The minimum absolute atomic E-state index is 0.0726. The second-order valence-corrected chi connectivity index (χ2v) is 7.73. The fraction of sp³-hybridized carbons (Fsp3) is 0.609. The maximum Gasteiger partial charge on any atom is 0.335 e. The van der Waals surface area contributed by atoms with E-state index in [9.17, 15) is 19.5 Å². The fourth-order valence-electron chi connectivity index (χ4n) is 3.10. The zero-order valence-electron chi connectivity index (χ0n) is 18.5. The predicted molar refractivity (Wildman–Crippen MR) is 121 cm³/mol. The second-order valence-electron chi connectivity index (χ2n) is 7.73. The highest BCUT2D eigenvalue weighted by Gasteiger charge is 2.13. The summed E-state index contributed by atoms with van der Waals surface area (Å²) in [6, 6.07) is 4.36. The Labute approximate surface area is 188 Å². The molecule has 1 rings (SSSR count). The quantitative estimate of drug-likeness (QED) is 0.161. The van der Waals surface area contributed by atoms with Gasteiger partial charge in [0.2, 0.25) is 0 Å². The van der Waals surface area contributed by atoms with Gasteiger partial charge in [-0.2, -0.15) is 0 Å². The molecule has 0 amide bonds. The van der Waals surface area contributed by atoms with Gasteiger partial charge in [0.1, 0.15) is 0 Å². The van der Waals surface area contributed by atoms with E-state index in [0.717, 1.165) is 38.5 Å². The van der Waals surface area contributed by atoms with Gasteiger partial charge in [0, 0.05) is 24.9 Å². The van der Waals surface area contributed by atoms with Crippen LogP contribution in [0.2, 0.25) is 0 Å². The molecule has 0 aliphatic heterocycles. The molecule has 1 atom stereocenters. The van der Waals surface area contributed by atoms with Crippen LogP contribution < -0.4 is 5.73 Å². The number of rotatable bonds is 16. The first-order valence-corrected chi connectivity index (χ1v) is 11.0. The summed E-state index contributed by atoms with van der Waals surface area (Å²) in [6.45, 7) is -0.409. The van der Waals surface area contributed by atoms with E-state index in [0.29, 0.717) is 11.3 Å². The SMILES string of the molecule is Nc1ccc(C(=O)O)c(CC(O)CO)c1.O=C(O)CCCCCCCCCCCC(=O)O. The van der Waals surface area contributed by atoms with Gasteiger partial charge in [-0.15, -0.1) is 0 Å². The highest BCUT2D eigenvalue weighted by molar-refractivity contribution is 5.90. The molecule has 0 spiro atoms. The van der Waals surface area contributed by atoms with E-state index in [1.807, 2.05) is 0 Å². The molecule has 0 aromatic heterocycles. The van der Waals surface area contributed by atoms with Crippen molar-refractivity contribution in [3.8, 4) is 0 Å². The fourth-order valence-corrected chi connectivity index (χ4v) is 3.10. The third-order valence-corrected chi connectivity index (χ3v) is 4.81. The van der Waals surface area contributed by atoms with E-state index in [2.05, 4.69) is 0 Å². The van der Waals surface area contributed by atoms with Crippen molar-refractivity contribution < 1.29 is 39.9 Å². The van der Waals surface area contributed by atoms with Gasteiger partial charge in [-0.3, -0.25) is 9.59 Å². The number of unbranched alkanes of at least 4 members (excludes halogenated alkanes) is 8. The number of carboxylic acids is 3. The average molecular weight is 456 g/mol. The Morgan fingerprint density at radius 3 is 1.59 bits per heavy atom. The summed E-state index contributed by atoms with van der Waals surface area (Å²) in [5.74, 6) is -2.48. The molecular formula is C23H37NO8. The molecule has 0 aliphatic rings. The molecule has 9 nitrogen and oxygen atoms in total. The van der Waals surface area contributed by atoms with Gasteiger partial charge in [0.25, 0.3) is 0 Å². The van der Waals surface area contributed by atoms with Crippen molar-refractivity contribution in [1.29, 1.82) is 0 Å². The van der Waals surface area contributed by atoms with E-state index in [1.165, 1.54) is 37.5 Å². The van der Waals surface area contributed by atoms with Gasteiger partial charge >= 0.3 is 17.9 Å². The Morgan fingerprint density at radius 1 is 0.781 bits per heavy atom. The van der Waals surface area contributed by atoms with Gasteiger partial charge < -0.3 is 31.3 Å². The van der Waals surface area contributed by atoms with E-state index < -0.39 is 30.6 Å². The molecule has 0 aliphatic carbocycles. The lowest BCUT2D eigenvalue weighted by Gasteiger charge is -2.10. The first kappa shape index (κ1) is 29.4. The maximum atomic E-state index is 10.8. The summed E-state index contributed by atoms with van der Waals surface area (Å²) in [5, 5.41) is 43.6. The number of aliphatic hydroxyl groups is 2. The van der Waals surface area contributed by atoms with Crippen LogP contribution in [0.5, 0.6) is 0 Å². The molecule has 0 saturated carbocycles. The van der Waals surface area contributed by atoms with Crippen LogP contribution in [-0.4, -0.2) is 56.2 Å². The van der Waals surface area contributed by atoms with Crippen molar-refractivity contribution in [3.63, 3.8) is 0 Å². The molecule has 32 heavy (non-hydrogen) atoms. The Bertz CT molecular complexity index is 671. The second kappa shape index (κ2) is 18.0. The normalized spacial score (nSPS) is 11.3. The summed E-state index contributed by atoms with van der Waals surface area (Å²) < 4.78 is 0. The molecule has 0 bridgehead atoms. The van der Waals surface area contributed by atoms with Crippen molar-refractivity contribution in [1.82, 2.24) is 0 Å². The summed E-state index contributed by atoms with van der Waals surface area (Å²) in [4.78, 5) is 31.3. The maximum absolute atomic E-state index is 10.8. The van der Waals surface area contributed by atoms with Crippen LogP contribution in [0.25, 0.3) is 0 Å². The molecule has 1 unspecified atom stereocenters. The number of nitrogen functional groups attached to an aromatic ring is 1. The van der Waals surface area contributed by atoms with E-state index in [-0.39, 0.29) is 24.8 Å². The number of nitrogens with two attached hydrogens (primary N) is 1. The predicted octanol–water partition coefficient (Wildman–Crippen LogP) is 3.31. The van der Waals surface area contributed by atoms with Crippen LogP contribution >= 0.6 is 0 Å². The number of carbonyl (C=O) groups is 3. The molecule has 9 heteroatoms. The number of anilines is 1. The lowest BCUT2D eigenvalue weighted by molar-refractivity contribution is -0.138. The van der Waals surface area contributed by atoms with Crippen LogP contribution in [0.3, 0.4) is 0 Å². The molecule has 1 aromatic rings. The highest BCUT2D eigenvalue weighted by atomic mass is 16.4. The van der Waals surface area contributed by atoms with Crippen LogP contribution in [0.1, 0.15) is 86.6 Å². The van der Waals surface area contributed by atoms with Crippen LogP contribution in [0, 0.1) is 0 Å². The van der Waals surface area contributed by atoms with Gasteiger partial charge in [0.15, 0.2) is 0 Å². The van der Waals surface area contributed by atoms with Crippen molar-refractivity contribution in [2.45, 2.75) is 83.2 Å². The molecule has 0 fully saturated rings. The molecular weight excluding hydrogens is 418 g/mol. The number of aliphatic hydroxyl groups excluding tert-OH is 2. The Morgan fingerprint density at radius 2 is 1.22 bits per heavy atom. The largest absolute Gasteiger partial charge is 0.481 e. The van der Waals surface area contributed by atoms with Crippen molar-refractivity contribution >= 4 is 23.6 Å². The first-order chi connectivity index (χ1) is 15.2. The Balaban J connectivity index is 0.000000604. The van der Waals surface area contributed by atoms with Crippen LogP contribution in [0.4, 0.5) is 5.69 Å². The Kier molecular flexibility index (Phi) is 16.5. The van der Waals surface area contributed by atoms with Crippen molar-refractivity contribution in [3.05, 3.63) is 29.3 Å². The topological polar surface area (TPSA) is 178 Å². The molecule has 0 radical (unpaired) electrons. The van der Waals surface area contributed by atoms with E-state index >= 15 is 0 Å².